The average molecular weight is 210 g/mol. The third-order valence-corrected chi connectivity index (χ3v) is 2.48. The monoisotopic (exact) mass is 210 g/mol. The average Bonchev–Trinajstić information content (AvgIpc) is 2.50. The minimum atomic E-state index is -0.231. The molecule has 0 saturated heterocycles. The highest BCUT2D eigenvalue weighted by molar-refractivity contribution is 5.05. The molecule has 0 amide bonds. The molecule has 15 heavy (non-hydrogen) atoms. The Bertz CT molecular complexity index is 281. The van der Waals surface area contributed by atoms with Crippen LogP contribution in [0.15, 0.2) is 18.3 Å². The van der Waals surface area contributed by atoms with Gasteiger partial charge in [-0.15, -0.1) is 0 Å². The van der Waals surface area contributed by atoms with Crippen molar-refractivity contribution in [3.63, 3.8) is 0 Å². The first-order valence-electron chi connectivity index (χ1n) is 5.58. The van der Waals surface area contributed by atoms with Gasteiger partial charge in [0.25, 0.3) is 0 Å². The molecule has 1 aromatic rings. The maximum Gasteiger partial charge on any atom is 0.0667 e. The van der Waals surface area contributed by atoms with E-state index in [4.69, 9.17) is 0 Å². The molecule has 1 atom stereocenters. The fraction of sp³-hybridized carbons (Fsp3) is 0.667. The largest absolute Gasteiger partial charge is 0.392 e. The third-order valence-electron chi connectivity index (χ3n) is 2.48. The highest BCUT2D eigenvalue weighted by Crippen LogP contribution is 2.04. The van der Waals surface area contributed by atoms with Gasteiger partial charge in [0.05, 0.1) is 6.10 Å². The van der Waals surface area contributed by atoms with Gasteiger partial charge in [-0.3, -0.25) is 0 Å². The fourth-order valence-electron chi connectivity index (χ4n) is 1.67. The van der Waals surface area contributed by atoms with Gasteiger partial charge in [-0.05, 0) is 24.5 Å². The number of hydrogen-bond acceptors (Lipinski definition) is 2. The van der Waals surface area contributed by atoms with Crippen LogP contribution in [-0.2, 0) is 13.6 Å². The van der Waals surface area contributed by atoms with Gasteiger partial charge in [0.1, 0.15) is 0 Å². The zero-order valence-corrected chi connectivity index (χ0v) is 9.90. The van der Waals surface area contributed by atoms with Crippen LogP contribution in [0.4, 0.5) is 0 Å². The highest BCUT2D eigenvalue weighted by atomic mass is 16.3. The number of hydrogen-bond donors (Lipinski definition) is 2. The Kier molecular flexibility index (Phi) is 4.85. The van der Waals surface area contributed by atoms with Gasteiger partial charge < -0.3 is 15.0 Å². The standard InChI is InChI=1S/C12H22N2O/c1-10(2)7-12(15)9-13-8-11-5-4-6-14(11)3/h4-6,10,12-13,15H,7-9H2,1-3H3. The second-order valence-corrected chi connectivity index (χ2v) is 4.52. The van der Waals surface area contributed by atoms with Crippen molar-refractivity contribution in [3.05, 3.63) is 24.0 Å². The van der Waals surface area contributed by atoms with E-state index < -0.39 is 0 Å². The van der Waals surface area contributed by atoms with E-state index in [1.54, 1.807) is 0 Å². The lowest BCUT2D eigenvalue weighted by Crippen LogP contribution is -2.28. The summed E-state index contributed by atoms with van der Waals surface area (Å²) in [6, 6.07) is 4.11. The molecule has 1 unspecified atom stereocenters. The first-order chi connectivity index (χ1) is 7.09. The van der Waals surface area contributed by atoms with Crippen molar-refractivity contribution in [2.24, 2.45) is 13.0 Å². The molecule has 1 aromatic heterocycles. The zero-order chi connectivity index (χ0) is 11.3. The van der Waals surface area contributed by atoms with E-state index in [0.29, 0.717) is 12.5 Å². The van der Waals surface area contributed by atoms with E-state index in [-0.39, 0.29) is 6.10 Å². The molecule has 0 aliphatic heterocycles. The summed E-state index contributed by atoms with van der Waals surface area (Å²) in [5, 5.41) is 12.9. The molecular formula is C12H22N2O. The first kappa shape index (κ1) is 12.3. The Morgan fingerprint density at radius 2 is 2.20 bits per heavy atom. The summed E-state index contributed by atoms with van der Waals surface area (Å²) in [5.41, 5.74) is 1.24. The van der Waals surface area contributed by atoms with Crippen LogP contribution in [0, 0.1) is 5.92 Å². The van der Waals surface area contributed by atoms with Gasteiger partial charge in [0.2, 0.25) is 0 Å². The number of aliphatic hydroxyl groups excluding tert-OH is 1. The molecule has 2 N–H and O–H groups in total. The summed E-state index contributed by atoms with van der Waals surface area (Å²) in [4.78, 5) is 0. The quantitative estimate of drug-likeness (QED) is 0.747. The summed E-state index contributed by atoms with van der Waals surface area (Å²) >= 11 is 0. The Balaban J connectivity index is 2.19. The van der Waals surface area contributed by atoms with E-state index in [9.17, 15) is 5.11 Å². The van der Waals surface area contributed by atoms with E-state index in [0.717, 1.165) is 13.0 Å². The van der Waals surface area contributed by atoms with Crippen LogP contribution >= 0.6 is 0 Å². The van der Waals surface area contributed by atoms with Crippen molar-refractivity contribution in [2.75, 3.05) is 6.54 Å². The lowest BCUT2D eigenvalue weighted by Gasteiger charge is -2.14. The number of aromatic nitrogens is 1. The molecule has 86 valence electrons. The Labute approximate surface area is 92.1 Å². The van der Waals surface area contributed by atoms with Crippen LogP contribution in [0.2, 0.25) is 0 Å². The predicted molar refractivity (Wildman–Crippen MR) is 62.6 cm³/mol. The fourth-order valence-corrected chi connectivity index (χ4v) is 1.67. The van der Waals surface area contributed by atoms with Crippen molar-refractivity contribution in [1.82, 2.24) is 9.88 Å². The highest BCUT2D eigenvalue weighted by Gasteiger charge is 2.06. The van der Waals surface area contributed by atoms with Gasteiger partial charge in [-0.2, -0.15) is 0 Å². The number of nitrogens with zero attached hydrogens (tertiary/aromatic N) is 1. The van der Waals surface area contributed by atoms with Gasteiger partial charge in [-0.25, -0.2) is 0 Å². The molecule has 0 aromatic carbocycles. The Morgan fingerprint density at radius 1 is 1.47 bits per heavy atom. The molecule has 0 fully saturated rings. The van der Waals surface area contributed by atoms with Crippen molar-refractivity contribution in [2.45, 2.75) is 32.9 Å². The van der Waals surface area contributed by atoms with Gasteiger partial charge >= 0.3 is 0 Å². The normalized spacial score (nSPS) is 13.4. The molecule has 1 heterocycles. The van der Waals surface area contributed by atoms with Crippen LogP contribution < -0.4 is 5.32 Å². The molecule has 1 rings (SSSR count). The van der Waals surface area contributed by atoms with E-state index >= 15 is 0 Å². The molecule has 0 aliphatic carbocycles. The zero-order valence-electron chi connectivity index (χ0n) is 9.90. The summed E-state index contributed by atoms with van der Waals surface area (Å²) in [7, 11) is 2.03. The van der Waals surface area contributed by atoms with Gasteiger partial charge in [-0.1, -0.05) is 13.8 Å². The summed E-state index contributed by atoms with van der Waals surface area (Å²) in [5.74, 6) is 0.553. The van der Waals surface area contributed by atoms with E-state index in [1.807, 2.05) is 19.3 Å². The minimum absolute atomic E-state index is 0.231. The molecular weight excluding hydrogens is 188 g/mol. The first-order valence-corrected chi connectivity index (χ1v) is 5.58. The molecule has 0 saturated carbocycles. The molecule has 0 aliphatic rings. The maximum absolute atomic E-state index is 9.65. The van der Waals surface area contributed by atoms with Crippen LogP contribution in [0.25, 0.3) is 0 Å². The van der Waals surface area contributed by atoms with Gasteiger partial charge in [0, 0.05) is 32.0 Å². The smallest absolute Gasteiger partial charge is 0.0667 e. The maximum atomic E-state index is 9.65. The number of aliphatic hydroxyl groups is 1. The van der Waals surface area contributed by atoms with Crippen LogP contribution in [-0.4, -0.2) is 22.3 Å². The second-order valence-electron chi connectivity index (χ2n) is 4.52. The summed E-state index contributed by atoms with van der Waals surface area (Å²) < 4.78 is 2.09. The second kappa shape index (κ2) is 5.93. The lowest BCUT2D eigenvalue weighted by atomic mass is 10.1. The Morgan fingerprint density at radius 3 is 2.73 bits per heavy atom. The SMILES string of the molecule is CC(C)CC(O)CNCc1cccn1C. The third kappa shape index (κ3) is 4.49. The molecule has 0 radical (unpaired) electrons. The number of aryl methyl sites for hydroxylation is 1. The van der Waals surface area contributed by atoms with Gasteiger partial charge in [0.15, 0.2) is 0 Å². The Hall–Kier alpha value is -0.800. The number of rotatable bonds is 6. The van der Waals surface area contributed by atoms with Crippen molar-refractivity contribution < 1.29 is 5.11 Å². The van der Waals surface area contributed by atoms with Crippen LogP contribution in [0.1, 0.15) is 26.0 Å². The summed E-state index contributed by atoms with van der Waals surface area (Å²) in [6.45, 7) is 5.74. The van der Waals surface area contributed by atoms with Crippen LogP contribution in [0.3, 0.4) is 0 Å². The minimum Gasteiger partial charge on any atom is -0.392 e. The van der Waals surface area contributed by atoms with E-state index in [2.05, 4.69) is 29.8 Å². The lowest BCUT2D eigenvalue weighted by molar-refractivity contribution is 0.146. The van der Waals surface area contributed by atoms with E-state index in [1.165, 1.54) is 5.69 Å². The van der Waals surface area contributed by atoms with Crippen LogP contribution in [0.5, 0.6) is 0 Å². The summed E-state index contributed by atoms with van der Waals surface area (Å²) in [6.07, 6.45) is 2.66. The number of nitrogens with one attached hydrogen (secondary N) is 1. The molecule has 3 heteroatoms. The molecule has 0 bridgehead atoms. The molecule has 3 nitrogen and oxygen atoms in total. The predicted octanol–water partition coefficient (Wildman–Crippen LogP) is 1.52. The molecule has 0 spiro atoms. The van der Waals surface area contributed by atoms with Crippen molar-refractivity contribution in [3.8, 4) is 0 Å². The van der Waals surface area contributed by atoms with Crippen molar-refractivity contribution in [1.29, 1.82) is 0 Å². The topological polar surface area (TPSA) is 37.2 Å². The van der Waals surface area contributed by atoms with Crippen molar-refractivity contribution >= 4 is 0 Å².